The van der Waals surface area contributed by atoms with Crippen LogP contribution in [0.5, 0.6) is 0 Å². The molecule has 0 fully saturated rings. The molecule has 0 spiro atoms. The Morgan fingerprint density at radius 2 is 1.70 bits per heavy atom. The maximum atomic E-state index is 12.3. The van der Waals surface area contributed by atoms with Crippen molar-refractivity contribution in [1.29, 1.82) is 5.26 Å². The minimum absolute atomic E-state index is 0.0704. The first-order chi connectivity index (χ1) is 9.72. The Morgan fingerprint density at radius 3 is 2.45 bits per heavy atom. The fourth-order valence-electron chi connectivity index (χ4n) is 2.45. The second kappa shape index (κ2) is 4.71. The van der Waals surface area contributed by atoms with Crippen molar-refractivity contribution in [3.05, 3.63) is 70.1 Å². The second-order valence-electron chi connectivity index (χ2n) is 4.69. The van der Waals surface area contributed by atoms with Crippen LogP contribution in [-0.4, -0.2) is 9.13 Å². The van der Waals surface area contributed by atoms with E-state index in [1.807, 2.05) is 42.5 Å². The first-order valence-corrected chi connectivity index (χ1v) is 6.34. The zero-order valence-electron chi connectivity index (χ0n) is 11.1. The van der Waals surface area contributed by atoms with Crippen LogP contribution >= 0.6 is 0 Å². The molecule has 0 aliphatic rings. The van der Waals surface area contributed by atoms with Gasteiger partial charge in [-0.2, -0.15) is 5.26 Å². The van der Waals surface area contributed by atoms with Crippen LogP contribution in [0.3, 0.4) is 0 Å². The number of hydrogen-bond donors (Lipinski definition) is 0. The monoisotopic (exact) mass is 263 g/mol. The Bertz CT molecular complexity index is 881. The van der Waals surface area contributed by atoms with E-state index in [1.54, 1.807) is 22.2 Å². The predicted octanol–water partition coefficient (Wildman–Crippen LogP) is 2.26. The third-order valence-electron chi connectivity index (χ3n) is 3.52. The molecular weight excluding hydrogens is 250 g/mol. The summed E-state index contributed by atoms with van der Waals surface area (Å²) in [5.74, 6) is 0. The Morgan fingerprint density at radius 1 is 1.05 bits per heavy atom. The van der Waals surface area contributed by atoms with E-state index in [9.17, 15) is 4.79 Å². The molecule has 2 aromatic carbocycles. The summed E-state index contributed by atoms with van der Waals surface area (Å²) in [5.41, 5.74) is 3.17. The molecule has 0 unspecified atom stereocenters. The van der Waals surface area contributed by atoms with Crippen molar-refractivity contribution in [2.24, 2.45) is 7.05 Å². The van der Waals surface area contributed by atoms with Crippen molar-refractivity contribution in [3.63, 3.8) is 0 Å². The molecule has 98 valence electrons. The second-order valence-corrected chi connectivity index (χ2v) is 4.69. The van der Waals surface area contributed by atoms with Gasteiger partial charge in [0.15, 0.2) is 0 Å². The molecule has 0 bridgehead atoms. The maximum Gasteiger partial charge on any atom is 0.329 e. The van der Waals surface area contributed by atoms with E-state index in [0.29, 0.717) is 12.1 Å². The lowest BCUT2D eigenvalue weighted by molar-refractivity contribution is 0.735. The van der Waals surface area contributed by atoms with Gasteiger partial charge in [-0.1, -0.05) is 30.3 Å². The Hall–Kier alpha value is -2.80. The van der Waals surface area contributed by atoms with E-state index in [4.69, 9.17) is 5.26 Å². The molecule has 3 aromatic rings. The van der Waals surface area contributed by atoms with Gasteiger partial charge in [-0.25, -0.2) is 4.79 Å². The summed E-state index contributed by atoms with van der Waals surface area (Å²) in [7, 11) is 1.76. The number of rotatable bonds is 2. The number of aromatic nitrogens is 2. The number of aryl methyl sites for hydroxylation is 1. The molecule has 0 atom stereocenters. The lowest BCUT2D eigenvalue weighted by Crippen LogP contribution is -2.23. The van der Waals surface area contributed by atoms with Gasteiger partial charge in [0.05, 0.1) is 29.2 Å². The lowest BCUT2D eigenvalue weighted by Gasteiger charge is -2.05. The van der Waals surface area contributed by atoms with Crippen molar-refractivity contribution in [2.45, 2.75) is 6.54 Å². The summed E-state index contributed by atoms with van der Waals surface area (Å²) in [6, 6.07) is 17.2. The van der Waals surface area contributed by atoms with Gasteiger partial charge in [0.25, 0.3) is 0 Å². The highest BCUT2D eigenvalue weighted by Gasteiger charge is 2.11. The van der Waals surface area contributed by atoms with Gasteiger partial charge in [-0.05, 0) is 23.8 Å². The number of fused-ring (bicyclic) bond motifs is 1. The summed E-state index contributed by atoms with van der Waals surface area (Å²) in [6.07, 6.45) is 0. The Labute approximate surface area is 116 Å². The zero-order valence-corrected chi connectivity index (χ0v) is 11.1. The van der Waals surface area contributed by atoms with E-state index in [1.165, 1.54) is 0 Å². The van der Waals surface area contributed by atoms with Gasteiger partial charge in [0.2, 0.25) is 0 Å². The highest BCUT2D eigenvalue weighted by atomic mass is 16.1. The van der Waals surface area contributed by atoms with Gasteiger partial charge in [-0.15, -0.1) is 0 Å². The third kappa shape index (κ3) is 1.81. The van der Waals surface area contributed by atoms with Crippen LogP contribution in [0.1, 0.15) is 11.1 Å². The molecule has 0 amide bonds. The van der Waals surface area contributed by atoms with Gasteiger partial charge >= 0.3 is 5.69 Å². The Kier molecular flexibility index (Phi) is 2.88. The van der Waals surface area contributed by atoms with Crippen LogP contribution in [-0.2, 0) is 13.6 Å². The minimum Gasteiger partial charge on any atom is -0.295 e. The first-order valence-electron chi connectivity index (χ1n) is 6.34. The van der Waals surface area contributed by atoms with Gasteiger partial charge in [-0.3, -0.25) is 9.13 Å². The van der Waals surface area contributed by atoms with Crippen molar-refractivity contribution in [1.82, 2.24) is 9.13 Å². The number of imidazole rings is 1. The van der Waals surface area contributed by atoms with Crippen LogP contribution in [0, 0.1) is 11.3 Å². The molecule has 1 heterocycles. The summed E-state index contributed by atoms with van der Waals surface area (Å²) < 4.78 is 3.33. The van der Waals surface area contributed by atoms with Crippen molar-refractivity contribution < 1.29 is 0 Å². The van der Waals surface area contributed by atoms with Crippen LogP contribution in [0.25, 0.3) is 11.0 Å². The SMILES string of the molecule is Cn1c(=O)n(Cc2ccccc2C#N)c2ccccc21. The van der Waals surface area contributed by atoms with Crippen LogP contribution < -0.4 is 5.69 Å². The molecular formula is C16H13N3O. The molecule has 4 heteroatoms. The van der Waals surface area contributed by atoms with Crippen LogP contribution in [0.4, 0.5) is 0 Å². The standard InChI is InChI=1S/C16H13N3O/c1-18-14-8-4-5-9-15(14)19(16(18)20)11-13-7-3-2-6-12(13)10-17/h2-9H,11H2,1H3. The quantitative estimate of drug-likeness (QED) is 0.712. The van der Waals surface area contributed by atoms with Crippen LogP contribution in [0.15, 0.2) is 53.3 Å². The summed E-state index contributed by atoms with van der Waals surface area (Å²) in [6.45, 7) is 0.407. The van der Waals surface area contributed by atoms with Gasteiger partial charge < -0.3 is 0 Å². The molecule has 0 N–H and O–H groups in total. The normalized spacial score (nSPS) is 10.6. The minimum atomic E-state index is -0.0704. The molecule has 0 saturated heterocycles. The molecule has 3 rings (SSSR count). The third-order valence-corrected chi connectivity index (χ3v) is 3.52. The summed E-state index contributed by atoms with van der Waals surface area (Å²) in [4.78, 5) is 12.3. The topological polar surface area (TPSA) is 50.7 Å². The first kappa shape index (κ1) is 12.2. The van der Waals surface area contributed by atoms with Crippen molar-refractivity contribution in [2.75, 3.05) is 0 Å². The molecule has 4 nitrogen and oxygen atoms in total. The van der Waals surface area contributed by atoms with Crippen LogP contribution in [0.2, 0.25) is 0 Å². The zero-order chi connectivity index (χ0) is 14.1. The number of nitrogens with zero attached hydrogens (tertiary/aromatic N) is 3. The fraction of sp³-hybridized carbons (Fsp3) is 0.125. The van der Waals surface area contributed by atoms with E-state index in [2.05, 4.69) is 6.07 Å². The van der Waals surface area contributed by atoms with Gasteiger partial charge in [0, 0.05) is 7.05 Å². The molecule has 20 heavy (non-hydrogen) atoms. The Balaban J connectivity index is 2.19. The lowest BCUT2D eigenvalue weighted by atomic mass is 10.1. The predicted molar refractivity (Wildman–Crippen MR) is 77.4 cm³/mol. The largest absolute Gasteiger partial charge is 0.329 e. The molecule has 0 aliphatic heterocycles. The summed E-state index contributed by atoms with van der Waals surface area (Å²) in [5, 5.41) is 9.14. The number of benzene rings is 2. The average molecular weight is 263 g/mol. The van der Waals surface area contributed by atoms with E-state index in [0.717, 1.165) is 16.6 Å². The smallest absolute Gasteiger partial charge is 0.295 e. The van der Waals surface area contributed by atoms with E-state index < -0.39 is 0 Å². The van der Waals surface area contributed by atoms with Crippen molar-refractivity contribution >= 4 is 11.0 Å². The number of hydrogen-bond acceptors (Lipinski definition) is 2. The maximum absolute atomic E-state index is 12.3. The number of nitriles is 1. The number of para-hydroxylation sites is 2. The van der Waals surface area contributed by atoms with E-state index in [-0.39, 0.29) is 5.69 Å². The molecule has 0 aliphatic carbocycles. The molecule has 1 aromatic heterocycles. The van der Waals surface area contributed by atoms with E-state index >= 15 is 0 Å². The average Bonchev–Trinajstić information content (AvgIpc) is 2.73. The highest BCUT2D eigenvalue weighted by molar-refractivity contribution is 5.76. The fourth-order valence-corrected chi connectivity index (χ4v) is 2.45. The van der Waals surface area contributed by atoms with Crippen molar-refractivity contribution in [3.8, 4) is 6.07 Å². The molecule has 0 saturated carbocycles. The van der Waals surface area contributed by atoms with Gasteiger partial charge in [0.1, 0.15) is 0 Å². The highest BCUT2D eigenvalue weighted by Crippen LogP contribution is 2.15. The summed E-state index contributed by atoms with van der Waals surface area (Å²) >= 11 is 0. The molecule has 0 radical (unpaired) electrons.